The van der Waals surface area contributed by atoms with E-state index in [0.29, 0.717) is 11.4 Å². The fourth-order valence-electron chi connectivity index (χ4n) is 2.11. The van der Waals surface area contributed by atoms with Crippen LogP contribution in [-0.4, -0.2) is 56.3 Å². The van der Waals surface area contributed by atoms with Crippen LogP contribution in [0.25, 0.3) is 0 Å². The lowest BCUT2D eigenvalue weighted by Gasteiger charge is -2.15. The Kier molecular flexibility index (Phi) is 3.81. The summed E-state index contributed by atoms with van der Waals surface area (Å²) in [6, 6.07) is 2.80. The lowest BCUT2D eigenvalue weighted by atomic mass is 10.0. The van der Waals surface area contributed by atoms with Crippen LogP contribution in [0.1, 0.15) is 27.8 Å². The van der Waals surface area contributed by atoms with Gasteiger partial charge in [0.05, 0.1) is 23.6 Å². The number of aromatic carboxylic acids is 1. The van der Waals surface area contributed by atoms with E-state index in [4.69, 9.17) is 14.9 Å². The Balaban J connectivity index is 2.28. The van der Waals surface area contributed by atoms with E-state index >= 15 is 0 Å². The molecule has 104 valence electrons. The fourth-order valence-corrected chi connectivity index (χ4v) is 2.11. The molecule has 19 heavy (non-hydrogen) atoms. The van der Waals surface area contributed by atoms with Gasteiger partial charge in [0.15, 0.2) is 0 Å². The van der Waals surface area contributed by atoms with Crippen LogP contribution < -0.4 is 0 Å². The average Bonchev–Trinajstić information content (AvgIpc) is 2.65. The van der Waals surface area contributed by atoms with Crippen LogP contribution in [0.4, 0.5) is 0 Å². The van der Waals surface area contributed by atoms with E-state index in [1.165, 1.54) is 19.1 Å². The summed E-state index contributed by atoms with van der Waals surface area (Å²) in [5.74, 6) is -1.09. The number of carbonyl (C=O) groups is 1. The highest BCUT2D eigenvalue weighted by Gasteiger charge is 2.43. The molecule has 0 spiro atoms. The second kappa shape index (κ2) is 5.22. The summed E-state index contributed by atoms with van der Waals surface area (Å²) >= 11 is 0. The lowest BCUT2D eigenvalue weighted by Crippen LogP contribution is -2.32. The Morgan fingerprint density at radius 2 is 2.05 bits per heavy atom. The van der Waals surface area contributed by atoms with Gasteiger partial charge in [0, 0.05) is 0 Å². The van der Waals surface area contributed by atoms with Gasteiger partial charge < -0.3 is 25.2 Å². The maximum Gasteiger partial charge on any atom is 0.337 e. The third-order valence-electron chi connectivity index (χ3n) is 3.17. The van der Waals surface area contributed by atoms with Crippen LogP contribution in [0.2, 0.25) is 0 Å². The first kappa shape index (κ1) is 13.9. The van der Waals surface area contributed by atoms with Gasteiger partial charge in [0.1, 0.15) is 24.4 Å². The van der Waals surface area contributed by atoms with Crippen molar-refractivity contribution in [1.82, 2.24) is 4.98 Å². The van der Waals surface area contributed by atoms with Crippen LogP contribution in [0.3, 0.4) is 0 Å². The van der Waals surface area contributed by atoms with Crippen LogP contribution in [0.5, 0.6) is 0 Å². The minimum atomic E-state index is -1.21. The van der Waals surface area contributed by atoms with Gasteiger partial charge in [-0.05, 0) is 19.1 Å². The van der Waals surface area contributed by atoms with Crippen LogP contribution in [-0.2, 0) is 4.74 Å². The molecule has 0 saturated carbocycles. The molecule has 2 rings (SSSR count). The normalized spacial score (nSPS) is 30.5. The highest BCUT2D eigenvalue weighted by Crippen LogP contribution is 2.32. The number of aliphatic hydroxyl groups excluding tert-OH is 3. The largest absolute Gasteiger partial charge is 0.478 e. The number of pyridine rings is 1. The zero-order chi connectivity index (χ0) is 14.2. The molecule has 4 atom stereocenters. The van der Waals surface area contributed by atoms with Gasteiger partial charge in [-0.15, -0.1) is 0 Å². The van der Waals surface area contributed by atoms with Crippen molar-refractivity contribution >= 4 is 5.97 Å². The van der Waals surface area contributed by atoms with Gasteiger partial charge in [-0.2, -0.15) is 0 Å². The van der Waals surface area contributed by atoms with Crippen molar-refractivity contribution in [2.45, 2.75) is 31.3 Å². The average molecular weight is 269 g/mol. The molecule has 1 fully saturated rings. The first-order valence-corrected chi connectivity index (χ1v) is 5.79. The SMILES string of the molecule is Cc1nc([C@H]2O[C@H](CO)[C@@H](O)[C@H]2O)ccc1C(=O)O. The first-order valence-electron chi connectivity index (χ1n) is 5.79. The summed E-state index contributed by atoms with van der Waals surface area (Å²) in [6.07, 6.45) is -4.16. The minimum Gasteiger partial charge on any atom is -0.478 e. The quantitative estimate of drug-likeness (QED) is 0.569. The Morgan fingerprint density at radius 1 is 1.37 bits per heavy atom. The summed E-state index contributed by atoms with van der Waals surface area (Å²) in [7, 11) is 0. The van der Waals surface area contributed by atoms with Crippen LogP contribution in [0.15, 0.2) is 12.1 Å². The molecule has 0 bridgehead atoms. The Bertz CT molecular complexity index is 491. The molecule has 4 N–H and O–H groups in total. The smallest absolute Gasteiger partial charge is 0.337 e. The number of carboxylic acid groups (broad SMARTS) is 1. The number of rotatable bonds is 3. The van der Waals surface area contributed by atoms with Crippen molar-refractivity contribution < 1.29 is 30.0 Å². The van der Waals surface area contributed by atoms with E-state index in [1.54, 1.807) is 0 Å². The summed E-state index contributed by atoms with van der Waals surface area (Å²) in [5.41, 5.74) is 0.684. The van der Waals surface area contributed by atoms with Crippen LogP contribution >= 0.6 is 0 Å². The highest BCUT2D eigenvalue weighted by atomic mass is 16.6. The summed E-state index contributed by atoms with van der Waals surface area (Å²) in [4.78, 5) is 14.9. The molecule has 7 nitrogen and oxygen atoms in total. The van der Waals surface area contributed by atoms with Gasteiger partial charge in [0.25, 0.3) is 0 Å². The van der Waals surface area contributed by atoms with Crippen molar-refractivity contribution in [2.75, 3.05) is 6.61 Å². The highest BCUT2D eigenvalue weighted by molar-refractivity contribution is 5.88. The molecular formula is C12H15NO6. The summed E-state index contributed by atoms with van der Waals surface area (Å²) in [6.45, 7) is 1.12. The van der Waals surface area contributed by atoms with E-state index in [2.05, 4.69) is 4.98 Å². The number of hydrogen-bond donors (Lipinski definition) is 4. The number of aromatic nitrogens is 1. The molecule has 1 aromatic heterocycles. The van der Waals surface area contributed by atoms with Gasteiger partial charge in [-0.1, -0.05) is 0 Å². The number of ether oxygens (including phenoxy) is 1. The minimum absolute atomic E-state index is 0.0653. The second-order valence-electron chi connectivity index (χ2n) is 4.43. The molecule has 0 aromatic carbocycles. The monoisotopic (exact) mass is 269 g/mol. The molecule has 1 aliphatic rings. The van der Waals surface area contributed by atoms with E-state index < -0.39 is 37.0 Å². The zero-order valence-corrected chi connectivity index (χ0v) is 10.2. The molecule has 0 unspecified atom stereocenters. The maximum atomic E-state index is 10.9. The first-order chi connectivity index (χ1) is 8.95. The fraction of sp³-hybridized carbons (Fsp3) is 0.500. The number of nitrogens with zero attached hydrogens (tertiary/aromatic N) is 1. The van der Waals surface area contributed by atoms with E-state index in [0.717, 1.165) is 0 Å². The van der Waals surface area contributed by atoms with Crippen molar-refractivity contribution in [2.24, 2.45) is 0 Å². The second-order valence-corrected chi connectivity index (χ2v) is 4.43. The lowest BCUT2D eigenvalue weighted by molar-refractivity contribution is -0.0239. The molecule has 0 amide bonds. The Hall–Kier alpha value is -1.54. The van der Waals surface area contributed by atoms with Gasteiger partial charge in [0.2, 0.25) is 0 Å². The number of aliphatic hydroxyl groups is 3. The number of hydrogen-bond acceptors (Lipinski definition) is 6. The van der Waals surface area contributed by atoms with Crippen molar-refractivity contribution in [3.63, 3.8) is 0 Å². The van der Waals surface area contributed by atoms with Gasteiger partial charge in [-0.3, -0.25) is 4.98 Å². The molecule has 1 aromatic rings. The predicted octanol–water partition coefficient (Wildman–Crippen LogP) is -0.758. The molecule has 1 aliphatic heterocycles. The molecular weight excluding hydrogens is 254 g/mol. The number of carboxylic acids is 1. The van der Waals surface area contributed by atoms with E-state index in [-0.39, 0.29) is 5.56 Å². The Morgan fingerprint density at radius 3 is 2.53 bits per heavy atom. The van der Waals surface area contributed by atoms with E-state index in [9.17, 15) is 15.0 Å². The summed E-state index contributed by atoms with van der Waals surface area (Å²) in [5, 5.41) is 37.4. The number of aryl methyl sites for hydroxylation is 1. The van der Waals surface area contributed by atoms with Crippen LogP contribution in [0, 0.1) is 6.92 Å². The zero-order valence-electron chi connectivity index (χ0n) is 10.2. The van der Waals surface area contributed by atoms with Crippen molar-refractivity contribution in [3.05, 3.63) is 29.1 Å². The van der Waals surface area contributed by atoms with E-state index in [1.807, 2.05) is 0 Å². The summed E-state index contributed by atoms with van der Waals surface area (Å²) < 4.78 is 5.32. The van der Waals surface area contributed by atoms with Crippen molar-refractivity contribution in [3.8, 4) is 0 Å². The standard InChI is InChI=1S/C12H15NO6/c1-5-6(12(17)18)2-3-7(13-5)11-10(16)9(15)8(4-14)19-11/h2-3,8-11,14-16H,4H2,1H3,(H,17,18)/t8-,9-,10-,11-/m1/s1. The predicted molar refractivity (Wildman–Crippen MR) is 62.6 cm³/mol. The third-order valence-corrected chi connectivity index (χ3v) is 3.17. The molecule has 0 radical (unpaired) electrons. The molecule has 7 heteroatoms. The van der Waals surface area contributed by atoms with Gasteiger partial charge >= 0.3 is 5.97 Å². The molecule has 2 heterocycles. The van der Waals surface area contributed by atoms with Gasteiger partial charge in [-0.25, -0.2) is 4.79 Å². The third kappa shape index (κ3) is 2.45. The molecule has 1 saturated heterocycles. The topological polar surface area (TPSA) is 120 Å². The Labute approximate surface area is 109 Å². The van der Waals surface area contributed by atoms with Crippen molar-refractivity contribution in [1.29, 1.82) is 0 Å². The molecule has 0 aliphatic carbocycles. The maximum absolute atomic E-state index is 10.9.